The van der Waals surface area contributed by atoms with Gasteiger partial charge in [0.05, 0.1) is 10.9 Å². The number of fused-ring (bicyclic) bond motifs is 2. The minimum absolute atomic E-state index is 0.0833. The zero-order valence-corrected chi connectivity index (χ0v) is 15.8. The van der Waals surface area contributed by atoms with E-state index in [1.807, 2.05) is 54.7 Å². The largest absolute Gasteiger partial charge is 0.364 e. The molecule has 3 aromatic heterocycles. The Bertz CT molecular complexity index is 1500. The Morgan fingerprint density at radius 3 is 2.60 bits per heavy atom. The van der Waals surface area contributed by atoms with Gasteiger partial charge in [0.1, 0.15) is 11.3 Å². The lowest BCUT2D eigenvalue weighted by molar-refractivity contribution is 0.0993. The third kappa shape index (κ3) is 2.91. The van der Waals surface area contributed by atoms with Crippen LogP contribution < -0.4 is 11.2 Å². The van der Waals surface area contributed by atoms with E-state index >= 15 is 0 Å². The number of carbonyl (C=O) groups excluding carboxylic acids is 1. The van der Waals surface area contributed by atoms with Crippen molar-refractivity contribution in [1.29, 1.82) is 0 Å². The molecule has 144 valence electrons. The van der Waals surface area contributed by atoms with Crippen molar-refractivity contribution in [3.8, 4) is 16.8 Å². The summed E-state index contributed by atoms with van der Waals surface area (Å²) in [5, 5.41) is 1.45. The number of primary amides is 1. The fraction of sp³-hybridized carbons (Fsp3) is 0. The maximum atomic E-state index is 12.4. The van der Waals surface area contributed by atoms with Crippen LogP contribution in [-0.4, -0.2) is 20.4 Å². The number of carbonyl (C=O) groups is 1. The van der Waals surface area contributed by atoms with E-state index in [0.717, 1.165) is 22.0 Å². The van der Waals surface area contributed by atoms with Crippen molar-refractivity contribution in [2.45, 2.75) is 0 Å². The summed E-state index contributed by atoms with van der Waals surface area (Å²) in [4.78, 5) is 33.4. The van der Waals surface area contributed by atoms with Crippen LogP contribution in [0.4, 0.5) is 0 Å². The minimum atomic E-state index is -0.697. The van der Waals surface area contributed by atoms with Crippen LogP contribution in [0.3, 0.4) is 0 Å². The maximum absolute atomic E-state index is 12.4. The van der Waals surface area contributed by atoms with Gasteiger partial charge in [-0.2, -0.15) is 0 Å². The zero-order chi connectivity index (χ0) is 20.7. The maximum Gasteiger partial charge on any atom is 0.265 e. The van der Waals surface area contributed by atoms with E-state index in [1.54, 1.807) is 22.9 Å². The molecule has 0 aliphatic rings. The number of benzene rings is 2. The number of para-hydroxylation sites is 1. The Hall–Kier alpha value is -4.32. The van der Waals surface area contributed by atoms with Crippen LogP contribution in [-0.2, 0) is 0 Å². The second-order valence-electron chi connectivity index (χ2n) is 6.94. The highest BCUT2D eigenvalue weighted by atomic mass is 16.1. The van der Waals surface area contributed by atoms with Gasteiger partial charge in [-0.3, -0.25) is 19.1 Å². The van der Waals surface area contributed by atoms with E-state index in [-0.39, 0.29) is 11.1 Å². The first-order valence-corrected chi connectivity index (χ1v) is 9.38. The van der Waals surface area contributed by atoms with Gasteiger partial charge in [-0.05, 0) is 42.0 Å². The van der Waals surface area contributed by atoms with Gasteiger partial charge in [0.15, 0.2) is 5.43 Å². The topological polar surface area (TPSA) is 90.9 Å². The summed E-state index contributed by atoms with van der Waals surface area (Å²) in [6.45, 7) is 0. The Labute approximate surface area is 171 Å². The molecule has 0 radical (unpaired) electrons. The van der Waals surface area contributed by atoms with E-state index in [0.29, 0.717) is 16.7 Å². The van der Waals surface area contributed by atoms with Gasteiger partial charge in [-0.1, -0.05) is 30.3 Å². The Balaban J connectivity index is 1.75. The van der Waals surface area contributed by atoms with Gasteiger partial charge < -0.3 is 5.73 Å². The Morgan fingerprint density at radius 2 is 1.73 bits per heavy atom. The molecule has 0 atom stereocenters. The molecule has 0 saturated carbocycles. The summed E-state index contributed by atoms with van der Waals surface area (Å²) < 4.78 is 1.62. The molecule has 1 amide bonds. The number of nitrogens with zero attached hydrogens (tertiary/aromatic N) is 3. The number of amides is 1. The van der Waals surface area contributed by atoms with Crippen LogP contribution >= 0.6 is 0 Å². The summed E-state index contributed by atoms with van der Waals surface area (Å²) in [5.41, 5.74) is 9.22. The number of hydrogen-bond donors (Lipinski definition) is 1. The van der Waals surface area contributed by atoms with Gasteiger partial charge in [0.25, 0.3) is 5.91 Å². The first-order valence-electron chi connectivity index (χ1n) is 9.38. The van der Waals surface area contributed by atoms with Crippen LogP contribution in [0.15, 0.2) is 90.0 Å². The van der Waals surface area contributed by atoms with Crippen LogP contribution in [0.25, 0.3) is 38.8 Å². The van der Waals surface area contributed by atoms with Crippen molar-refractivity contribution in [2.24, 2.45) is 5.73 Å². The summed E-state index contributed by atoms with van der Waals surface area (Å²) in [7, 11) is 0. The lowest BCUT2D eigenvalue weighted by Crippen LogP contribution is -2.22. The van der Waals surface area contributed by atoms with E-state index in [9.17, 15) is 9.59 Å². The average molecular weight is 392 g/mol. The number of nitrogens with two attached hydrogens (primary N) is 1. The number of rotatable bonds is 3. The molecule has 0 bridgehead atoms. The lowest BCUT2D eigenvalue weighted by Gasteiger charge is -2.15. The van der Waals surface area contributed by atoms with Crippen LogP contribution in [0.2, 0.25) is 0 Å². The molecule has 30 heavy (non-hydrogen) atoms. The lowest BCUT2D eigenvalue weighted by atomic mass is 10.0. The smallest absolute Gasteiger partial charge is 0.265 e. The number of aromatic nitrogens is 3. The second kappa shape index (κ2) is 6.93. The van der Waals surface area contributed by atoms with E-state index in [4.69, 9.17) is 5.73 Å². The van der Waals surface area contributed by atoms with Crippen molar-refractivity contribution in [2.75, 3.05) is 0 Å². The van der Waals surface area contributed by atoms with Crippen molar-refractivity contribution in [3.63, 3.8) is 0 Å². The van der Waals surface area contributed by atoms with Crippen molar-refractivity contribution < 1.29 is 4.79 Å². The van der Waals surface area contributed by atoms with Gasteiger partial charge in [0, 0.05) is 35.1 Å². The van der Waals surface area contributed by atoms with E-state index < -0.39 is 5.91 Å². The van der Waals surface area contributed by atoms with Gasteiger partial charge in [-0.15, -0.1) is 0 Å². The quantitative estimate of drug-likeness (QED) is 0.507. The fourth-order valence-corrected chi connectivity index (χ4v) is 3.64. The zero-order valence-electron chi connectivity index (χ0n) is 15.8. The molecule has 6 heteroatoms. The highest BCUT2D eigenvalue weighted by Gasteiger charge is 2.16. The number of hydrogen-bond acceptors (Lipinski definition) is 4. The molecule has 5 aromatic rings. The third-order valence-corrected chi connectivity index (χ3v) is 5.05. The van der Waals surface area contributed by atoms with Crippen LogP contribution in [0, 0.1) is 0 Å². The molecule has 3 heterocycles. The second-order valence-corrected chi connectivity index (χ2v) is 6.94. The first-order chi connectivity index (χ1) is 14.6. The molecule has 0 spiro atoms. The molecular weight excluding hydrogens is 376 g/mol. The summed E-state index contributed by atoms with van der Waals surface area (Å²) >= 11 is 0. The molecular formula is C24H16N4O2. The van der Waals surface area contributed by atoms with Crippen LogP contribution in [0.1, 0.15) is 10.5 Å². The summed E-state index contributed by atoms with van der Waals surface area (Å²) in [5.74, 6) is -0.697. The van der Waals surface area contributed by atoms with E-state index in [1.165, 1.54) is 6.07 Å². The molecule has 0 fully saturated rings. The highest BCUT2D eigenvalue weighted by molar-refractivity contribution is 5.95. The molecule has 2 aromatic carbocycles. The Kier molecular flexibility index (Phi) is 4.10. The minimum Gasteiger partial charge on any atom is -0.364 e. The Morgan fingerprint density at radius 1 is 0.867 bits per heavy atom. The molecule has 0 unspecified atom stereocenters. The van der Waals surface area contributed by atoms with Gasteiger partial charge >= 0.3 is 0 Å². The standard InChI is InChI=1S/C24H16N4O2/c25-23(30)21-13-22(29)19-8-4-10-26-24(19)28(21)18-7-3-6-15(12-18)17-11-16-5-1-2-9-20(16)27-14-17/h1-14H,(H2,25,30). The van der Waals surface area contributed by atoms with Gasteiger partial charge in [0.2, 0.25) is 0 Å². The molecule has 6 nitrogen and oxygen atoms in total. The molecule has 0 aliphatic carbocycles. The van der Waals surface area contributed by atoms with Crippen LogP contribution in [0.5, 0.6) is 0 Å². The number of pyridine rings is 3. The van der Waals surface area contributed by atoms with Crippen molar-refractivity contribution >= 4 is 27.8 Å². The summed E-state index contributed by atoms with van der Waals surface area (Å²) in [6, 6.07) is 22.2. The summed E-state index contributed by atoms with van der Waals surface area (Å²) in [6.07, 6.45) is 3.40. The predicted molar refractivity (Wildman–Crippen MR) is 117 cm³/mol. The molecule has 2 N–H and O–H groups in total. The molecule has 5 rings (SSSR count). The van der Waals surface area contributed by atoms with Gasteiger partial charge in [-0.25, -0.2) is 4.98 Å². The van der Waals surface area contributed by atoms with Crippen molar-refractivity contribution in [3.05, 3.63) is 101 Å². The highest BCUT2D eigenvalue weighted by Crippen LogP contribution is 2.26. The molecule has 0 aliphatic heterocycles. The SMILES string of the molecule is NC(=O)c1cc(=O)c2cccnc2n1-c1cccc(-c2cnc3ccccc3c2)c1. The predicted octanol–water partition coefficient (Wildman–Crippen LogP) is 3.70. The van der Waals surface area contributed by atoms with E-state index in [2.05, 4.69) is 16.0 Å². The third-order valence-electron chi connectivity index (χ3n) is 5.05. The monoisotopic (exact) mass is 392 g/mol. The normalized spacial score (nSPS) is 11.1. The van der Waals surface area contributed by atoms with Crippen molar-refractivity contribution in [1.82, 2.24) is 14.5 Å². The first kappa shape index (κ1) is 17.8. The fourth-order valence-electron chi connectivity index (χ4n) is 3.64. The molecule has 0 saturated heterocycles. The average Bonchev–Trinajstić information content (AvgIpc) is 2.78.